The maximum Gasteiger partial charge on any atom is 0.0544 e. The Balaban J connectivity index is 1.45. The summed E-state index contributed by atoms with van der Waals surface area (Å²) in [5, 5.41) is 0. The maximum absolute atomic E-state index is 4.45. The highest BCUT2D eigenvalue weighted by Crippen LogP contribution is 2.29. The van der Waals surface area contributed by atoms with Crippen molar-refractivity contribution >= 4 is 15.9 Å². The second-order valence-electron chi connectivity index (χ2n) is 5.49. The molecule has 0 spiro atoms. The lowest BCUT2D eigenvalue weighted by Gasteiger charge is -2.34. The molecule has 1 aromatic rings. The molecule has 98 valence electrons. The summed E-state index contributed by atoms with van der Waals surface area (Å²) in [6.45, 7) is 7.16. The van der Waals surface area contributed by atoms with E-state index >= 15 is 0 Å². The molecule has 0 radical (unpaired) electrons. The van der Waals surface area contributed by atoms with Gasteiger partial charge in [-0.15, -0.1) is 0 Å². The van der Waals surface area contributed by atoms with Gasteiger partial charge in [0.05, 0.1) is 5.69 Å². The fourth-order valence-electron chi connectivity index (χ4n) is 2.52. The van der Waals surface area contributed by atoms with Crippen LogP contribution in [0.3, 0.4) is 0 Å². The van der Waals surface area contributed by atoms with Crippen molar-refractivity contribution in [2.45, 2.75) is 19.4 Å². The largest absolute Gasteiger partial charge is 0.301 e. The zero-order chi connectivity index (χ0) is 12.4. The molecule has 2 aliphatic rings. The van der Waals surface area contributed by atoms with Gasteiger partial charge >= 0.3 is 0 Å². The van der Waals surface area contributed by atoms with E-state index in [2.05, 4.69) is 42.8 Å². The normalized spacial score (nSPS) is 22.3. The van der Waals surface area contributed by atoms with Crippen LogP contribution in [0.4, 0.5) is 0 Å². The molecule has 1 aliphatic carbocycles. The summed E-state index contributed by atoms with van der Waals surface area (Å²) >= 11 is 3.42. The van der Waals surface area contributed by atoms with E-state index in [-0.39, 0.29) is 0 Å². The summed E-state index contributed by atoms with van der Waals surface area (Å²) in [4.78, 5) is 9.59. The van der Waals surface area contributed by atoms with Crippen molar-refractivity contribution in [2.24, 2.45) is 5.92 Å². The Kier molecular flexibility index (Phi) is 3.97. The first-order valence-electron chi connectivity index (χ1n) is 6.85. The van der Waals surface area contributed by atoms with Crippen LogP contribution in [0.25, 0.3) is 0 Å². The number of nitrogens with zero attached hydrogens (tertiary/aromatic N) is 3. The highest BCUT2D eigenvalue weighted by atomic mass is 79.9. The Hall–Kier alpha value is -0.450. The van der Waals surface area contributed by atoms with Gasteiger partial charge in [0.2, 0.25) is 0 Å². The number of piperazine rings is 1. The Labute approximate surface area is 117 Å². The first-order valence-corrected chi connectivity index (χ1v) is 7.64. The molecule has 1 aromatic heterocycles. The lowest BCUT2D eigenvalue weighted by molar-refractivity contribution is 0.122. The number of aromatic nitrogens is 1. The monoisotopic (exact) mass is 309 g/mol. The lowest BCUT2D eigenvalue weighted by atomic mass is 10.2. The molecule has 0 N–H and O–H groups in total. The van der Waals surface area contributed by atoms with E-state index in [1.807, 2.05) is 6.20 Å². The van der Waals surface area contributed by atoms with Crippen LogP contribution >= 0.6 is 15.9 Å². The summed E-state index contributed by atoms with van der Waals surface area (Å²) in [5.74, 6) is 1.02. The van der Waals surface area contributed by atoms with Gasteiger partial charge in [-0.1, -0.05) is 0 Å². The van der Waals surface area contributed by atoms with Gasteiger partial charge in [0.1, 0.15) is 0 Å². The van der Waals surface area contributed by atoms with E-state index in [1.165, 1.54) is 51.3 Å². The average Bonchev–Trinajstić information content (AvgIpc) is 3.19. The quantitative estimate of drug-likeness (QED) is 0.851. The minimum atomic E-state index is 0.991. The second kappa shape index (κ2) is 5.68. The van der Waals surface area contributed by atoms with Gasteiger partial charge < -0.3 is 4.90 Å². The first-order chi connectivity index (χ1) is 8.79. The van der Waals surface area contributed by atoms with Crippen LogP contribution in [-0.4, -0.2) is 47.5 Å². The van der Waals surface area contributed by atoms with Crippen LogP contribution < -0.4 is 0 Å². The molecule has 1 saturated heterocycles. The van der Waals surface area contributed by atoms with Gasteiger partial charge in [-0.25, -0.2) is 0 Å². The van der Waals surface area contributed by atoms with Gasteiger partial charge in [-0.3, -0.25) is 9.88 Å². The highest BCUT2D eigenvalue weighted by molar-refractivity contribution is 9.10. The number of halogens is 1. The molecule has 2 heterocycles. The third-order valence-electron chi connectivity index (χ3n) is 3.85. The third kappa shape index (κ3) is 3.53. The smallest absolute Gasteiger partial charge is 0.0544 e. The summed E-state index contributed by atoms with van der Waals surface area (Å²) in [6.07, 6.45) is 4.81. The highest BCUT2D eigenvalue weighted by Gasteiger charge is 2.26. The van der Waals surface area contributed by atoms with E-state index in [1.54, 1.807) is 0 Å². The summed E-state index contributed by atoms with van der Waals surface area (Å²) in [7, 11) is 0. The van der Waals surface area contributed by atoms with Crippen molar-refractivity contribution in [3.8, 4) is 0 Å². The van der Waals surface area contributed by atoms with Gasteiger partial charge in [-0.05, 0) is 46.8 Å². The number of rotatable bonds is 4. The predicted molar refractivity (Wildman–Crippen MR) is 76.4 cm³/mol. The first kappa shape index (κ1) is 12.6. The predicted octanol–water partition coefficient (Wildman–Crippen LogP) is 2.37. The lowest BCUT2D eigenvalue weighted by Crippen LogP contribution is -2.46. The van der Waals surface area contributed by atoms with Gasteiger partial charge in [0, 0.05) is 49.9 Å². The summed E-state index contributed by atoms with van der Waals surface area (Å²) < 4.78 is 1.06. The molecule has 0 atom stereocenters. The van der Waals surface area contributed by atoms with Gasteiger partial charge in [0.15, 0.2) is 0 Å². The van der Waals surface area contributed by atoms with Crippen molar-refractivity contribution < 1.29 is 0 Å². The van der Waals surface area contributed by atoms with E-state index < -0.39 is 0 Å². The molecule has 4 heteroatoms. The van der Waals surface area contributed by atoms with E-state index in [0.29, 0.717) is 0 Å². The molecule has 1 aliphatic heterocycles. The Morgan fingerprint density at radius 3 is 2.44 bits per heavy atom. The van der Waals surface area contributed by atoms with Crippen molar-refractivity contribution in [3.05, 3.63) is 28.5 Å². The van der Waals surface area contributed by atoms with E-state index in [0.717, 1.165) is 16.9 Å². The Bertz CT molecular complexity index is 381. The summed E-state index contributed by atoms with van der Waals surface area (Å²) in [5.41, 5.74) is 1.17. The van der Waals surface area contributed by atoms with Crippen molar-refractivity contribution in [2.75, 3.05) is 32.7 Å². The third-order valence-corrected chi connectivity index (χ3v) is 4.32. The molecule has 3 nitrogen and oxygen atoms in total. The molecule has 18 heavy (non-hydrogen) atoms. The number of hydrogen-bond donors (Lipinski definition) is 0. The van der Waals surface area contributed by atoms with Crippen molar-refractivity contribution in [3.63, 3.8) is 0 Å². The molecular formula is C14H20BrN3. The minimum Gasteiger partial charge on any atom is -0.301 e. The van der Waals surface area contributed by atoms with Gasteiger partial charge in [-0.2, -0.15) is 0 Å². The Morgan fingerprint density at radius 1 is 1.11 bits per heavy atom. The molecule has 0 amide bonds. The zero-order valence-electron chi connectivity index (χ0n) is 10.7. The molecular weight excluding hydrogens is 290 g/mol. The number of pyridine rings is 1. The molecule has 1 saturated carbocycles. The molecule has 3 rings (SSSR count). The van der Waals surface area contributed by atoms with Gasteiger partial charge in [0.25, 0.3) is 0 Å². The number of hydrogen-bond acceptors (Lipinski definition) is 3. The summed E-state index contributed by atoms with van der Waals surface area (Å²) in [6, 6.07) is 4.19. The Morgan fingerprint density at radius 2 is 1.83 bits per heavy atom. The minimum absolute atomic E-state index is 0.991. The molecule has 2 fully saturated rings. The van der Waals surface area contributed by atoms with Crippen LogP contribution in [0.15, 0.2) is 22.8 Å². The van der Waals surface area contributed by atoms with Crippen LogP contribution in [0.5, 0.6) is 0 Å². The zero-order valence-corrected chi connectivity index (χ0v) is 12.3. The van der Waals surface area contributed by atoms with Crippen LogP contribution in [-0.2, 0) is 6.54 Å². The topological polar surface area (TPSA) is 19.4 Å². The van der Waals surface area contributed by atoms with Crippen LogP contribution in [0, 0.1) is 5.92 Å². The molecule has 0 unspecified atom stereocenters. The van der Waals surface area contributed by atoms with Crippen molar-refractivity contribution in [1.82, 2.24) is 14.8 Å². The van der Waals surface area contributed by atoms with E-state index in [9.17, 15) is 0 Å². The SMILES string of the molecule is Brc1ccc(CN2CCN(CC3CC3)CC2)nc1. The van der Waals surface area contributed by atoms with E-state index in [4.69, 9.17) is 0 Å². The standard InChI is InChI=1S/C14H20BrN3/c15-13-3-4-14(16-9-13)11-18-7-5-17(6-8-18)10-12-1-2-12/h3-4,9,12H,1-2,5-8,10-11H2. The molecule has 0 aromatic carbocycles. The fourth-order valence-corrected chi connectivity index (χ4v) is 2.76. The average molecular weight is 310 g/mol. The maximum atomic E-state index is 4.45. The molecule has 0 bridgehead atoms. The van der Waals surface area contributed by atoms with Crippen molar-refractivity contribution in [1.29, 1.82) is 0 Å². The fraction of sp³-hybridized carbons (Fsp3) is 0.643. The van der Waals surface area contributed by atoms with Crippen LogP contribution in [0.1, 0.15) is 18.5 Å². The van der Waals surface area contributed by atoms with Crippen LogP contribution in [0.2, 0.25) is 0 Å². The second-order valence-corrected chi connectivity index (χ2v) is 6.40.